The topological polar surface area (TPSA) is 72.9 Å². The number of hydrogen-bond donors (Lipinski definition) is 2. The third kappa shape index (κ3) is 6.27. The summed E-state index contributed by atoms with van der Waals surface area (Å²) in [5, 5.41) is 10.4. The molecule has 0 aromatic heterocycles. The summed E-state index contributed by atoms with van der Waals surface area (Å²) in [6.07, 6.45) is -5.08. The molecule has 112 valence electrons. The maximum absolute atomic E-state index is 11.5. The van der Waals surface area contributed by atoms with E-state index in [0.29, 0.717) is 6.04 Å². The van der Waals surface area contributed by atoms with Gasteiger partial charge >= 0.3 is 18.2 Å². The minimum absolute atomic E-state index is 0.115. The molecule has 1 fully saturated rings. The minimum atomic E-state index is -5.08. The van der Waals surface area contributed by atoms with Gasteiger partial charge in [-0.15, -0.1) is 0 Å². The Morgan fingerprint density at radius 2 is 1.84 bits per heavy atom. The zero-order valence-corrected chi connectivity index (χ0v) is 11.0. The lowest BCUT2D eigenvalue weighted by Gasteiger charge is -2.35. The van der Waals surface area contributed by atoms with Crippen LogP contribution in [0.15, 0.2) is 0 Å². The molecule has 2 amide bonds. The molecule has 0 bridgehead atoms. The summed E-state index contributed by atoms with van der Waals surface area (Å²) in [6.45, 7) is 4.69. The van der Waals surface area contributed by atoms with Gasteiger partial charge in [-0.25, -0.2) is 9.59 Å². The predicted octanol–water partition coefficient (Wildman–Crippen LogP) is 0.595. The number of carboxylic acids is 1. The number of alkyl halides is 3. The van der Waals surface area contributed by atoms with Gasteiger partial charge in [-0.2, -0.15) is 13.2 Å². The Morgan fingerprint density at radius 3 is 2.16 bits per heavy atom. The average molecular weight is 285 g/mol. The highest BCUT2D eigenvalue weighted by Crippen LogP contribution is 2.13. The van der Waals surface area contributed by atoms with E-state index in [9.17, 15) is 18.0 Å². The summed E-state index contributed by atoms with van der Waals surface area (Å²) in [4.78, 5) is 24.0. The van der Waals surface area contributed by atoms with Crippen molar-refractivity contribution in [2.45, 2.75) is 19.1 Å². The van der Waals surface area contributed by atoms with Crippen molar-refractivity contribution in [3.63, 3.8) is 0 Å². The molecule has 0 aromatic rings. The van der Waals surface area contributed by atoms with Crippen molar-refractivity contribution < 1.29 is 27.9 Å². The molecule has 6 nitrogen and oxygen atoms in total. The second-order valence-corrected chi connectivity index (χ2v) is 4.23. The number of urea groups is 1. The van der Waals surface area contributed by atoms with Gasteiger partial charge in [0.2, 0.25) is 0 Å². The third-order valence-corrected chi connectivity index (χ3v) is 2.37. The average Bonchev–Trinajstić information content (AvgIpc) is 2.28. The summed E-state index contributed by atoms with van der Waals surface area (Å²) in [5.41, 5.74) is 0. The van der Waals surface area contributed by atoms with Crippen LogP contribution in [-0.2, 0) is 4.79 Å². The second-order valence-electron chi connectivity index (χ2n) is 4.23. The Balaban J connectivity index is 0.000000399. The van der Waals surface area contributed by atoms with Crippen LogP contribution in [0.3, 0.4) is 0 Å². The number of carboxylic acid groups (broad SMARTS) is 1. The fourth-order valence-corrected chi connectivity index (χ4v) is 1.38. The van der Waals surface area contributed by atoms with Crippen molar-refractivity contribution in [2.24, 2.45) is 0 Å². The molecule has 9 heteroatoms. The predicted molar refractivity (Wildman–Crippen MR) is 61.8 cm³/mol. The highest BCUT2D eigenvalue weighted by Gasteiger charge is 2.38. The van der Waals surface area contributed by atoms with Crippen molar-refractivity contribution in [3.8, 4) is 0 Å². The maximum Gasteiger partial charge on any atom is 0.490 e. The Hall–Kier alpha value is -1.51. The minimum Gasteiger partial charge on any atom is -0.475 e. The van der Waals surface area contributed by atoms with Crippen molar-refractivity contribution in [1.29, 1.82) is 0 Å². The van der Waals surface area contributed by atoms with E-state index in [2.05, 4.69) is 12.2 Å². The first-order valence-electron chi connectivity index (χ1n) is 5.56. The number of hydrogen-bond acceptors (Lipinski definition) is 3. The largest absolute Gasteiger partial charge is 0.490 e. The Morgan fingerprint density at radius 1 is 1.37 bits per heavy atom. The number of nitrogens with zero attached hydrogens (tertiary/aromatic N) is 2. The first-order chi connectivity index (χ1) is 8.57. The van der Waals surface area contributed by atoms with Crippen LogP contribution < -0.4 is 5.32 Å². The molecule has 19 heavy (non-hydrogen) atoms. The fourth-order valence-electron chi connectivity index (χ4n) is 1.38. The number of halogens is 3. The van der Waals surface area contributed by atoms with Gasteiger partial charge in [0, 0.05) is 39.8 Å². The van der Waals surface area contributed by atoms with Gasteiger partial charge in [0.1, 0.15) is 0 Å². The van der Waals surface area contributed by atoms with Crippen molar-refractivity contribution in [2.75, 3.05) is 33.7 Å². The van der Waals surface area contributed by atoms with Gasteiger partial charge < -0.3 is 20.2 Å². The smallest absolute Gasteiger partial charge is 0.475 e. The van der Waals surface area contributed by atoms with Crippen LogP contribution in [0.2, 0.25) is 0 Å². The number of nitrogens with one attached hydrogen (secondary N) is 1. The van der Waals surface area contributed by atoms with Crippen molar-refractivity contribution in [1.82, 2.24) is 15.1 Å². The summed E-state index contributed by atoms with van der Waals surface area (Å²) < 4.78 is 31.7. The summed E-state index contributed by atoms with van der Waals surface area (Å²) in [5.74, 6) is -2.76. The highest BCUT2D eigenvalue weighted by molar-refractivity contribution is 5.74. The molecule has 1 saturated heterocycles. The van der Waals surface area contributed by atoms with Gasteiger partial charge in [0.15, 0.2) is 0 Å². The van der Waals surface area contributed by atoms with Crippen LogP contribution in [-0.4, -0.2) is 72.9 Å². The molecule has 1 heterocycles. The lowest BCUT2D eigenvalue weighted by Crippen LogP contribution is -2.54. The van der Waals surface area contributed by atoms with E-state index < -0.39 is 12.1 Å². The number of aliphatic carboxylic acids is 1. The number of carbonyl (C=O) groups excluding carboxylic acids is 1. The lowest BCUT2D eigenvalue weighted by molar-refractivity contribution is -0.192. The molecular formula is C10H18F3N3O3. The van der Waals surface area contributed by atoms with E-state index in [4.69, 9.17) is 9.90 Å². The second kappa shape index (κ2) is 7.17. The van der Waals surface area contributed by atoms with Crippen LogP contribution in [0, 0.1) is 0 Å². The molecule has 1 atom stereocenters. The number of rotatable bonds is 0. The van der Waals surface area contributed by atoms with Gasteiger partial charge in [-0.3, -0.25) is 0 Å². The monoisotopic (exact) mass is 285 g/mol. The molecule has 0 radical (unpaired) electrons. The molecular weight excluding hydrogens is 267 g/mol. The quantitative estimate of drug-likeness (QED) is 0.683. The number of amides is 2. The Kier molecular flexibility index (Phi) is 6.60. The SMILES string of the molecule is CC1CNCCN1C(=O)N(C)C.O=C(O)C(F)(F)F. The zero-order chi connectivity index (χ0) is 15.2. The van der Waals surface area contributed by atoms with Crippen LogP contribution in [0.25, 0.3) is 0 Å². The maximum atomic E-state index is 11.5. The third-order valence-electron chi connectivity index (χ3n) is 2.37. The molecule has 1 rings (SSSR count). The zero-order valence-electron chi connectivity index (χ0n) is 11.0. The molecule has 0 aromatic carbocycles. The molecule has 1 aliphatic heterocycles. The normalized spacial score (nSPS) is 19.3. The van der Waals surface area contributed by atoms with E-state index in [-0.39, 0.29) is 6.03 Å². The Bertz CT molecular complexity index is 321. The lowest BCUT2D eigenvalue weighted by atomic mass is 10.2. The molecule has 0 saturated carbocycles. The van der Waals surface area contributed by atoms with E-state index >= 15 is 0 Å². The van der Waals surface area contributed by atoms with E-state index in [0.717, 1.165) is 19.6 Å². The van der Waals surface area contributed by atoms with E-state index in [1.165, 1.54) is 0 Å². The van der Waals surface area contributed by atoms with Gasteiger partial charge in [0.05, 0.1) is 0 Å². The highest BCUT2D eigenvalue weighted by atomic mass is 19.4. The van der Waals surface area contributed by atoms with Crippen LogP contribution >= 0.6 is 0 Å². The Labute approximate surface area is 109 Å². The van der Waals surface area contributed by atoms with Crippen LogP contribution in [0.1, 0.15) is 6.92 Å². The van der Waals surface area contributed by atoms with Gasteiger partial charge in [-0.1, -0.05) is 0 Å². The van der Waals surface area contributed by atoms with Crippen LogP contribution in [0.4, 0.5) is 18.0 Å². The first-order valence-corrected chi connectivity index (χ1v) is 5.56. The molecule has 2 N–H and O–H groups in total. The first kappa shape index (κ1) is 17.5. The van der Waals surface area contributed by atoms with Crippen LogP contribution in [0.5, 0.6) is 0 Å². The van der Waals surface area contributed by atoms with Crippen molar-refractivity contribution in [3.05, 3.63) is 0 Å². The summed E-state index contributed by atoms with van der Waals surface area (Å²) >= 11 is 0. The summed E-state index contributed by atoms with van der Waals surface area (Å²) in [7, 11) is 3.58. The fraction of sp³-hybridized carbons (Fsp3) is 0.800. The molecule has 1 aliphatic rings. The molecule has 1 unspecified atom stereocenters. The van der Waals surface area contributed by atoms with E-state index in [1.807, 2.05) is 4.90 Å². The van der Waals surface area contributed by atoms with Gasteiger partial charge in [0.25, 0.3) is 0 Å². The van der Waals surface area contributed by atoms with Gasteiger partial charge in [-0.05, 0) is 6.92 Å². The molecule has 0 aliphatic carbocycles. The standard InChI is InChI=1S/C8H17N3O.C2HF3O2/c1-7-6-9-4-5-11(7)8(12)10(2)3;3-2(4,5)1(6)7/h7,9H,4-6H2,1-3H3;(H,6,7). The van der Waals surface area contributed by atoms with E-state index in [1.54, 1.807) is 19.0 Å². The number of carbonyl (C=O) groups is 2. The summed E-state index contributed by atoms with van der Waals surface area (Å²) in [6, 6.07) is 0.428. The molecule has 0 spiro atoms. The van der Waals surface area contributed by atoms with Crippen molar-refractivity contribution >= 4 is 12.0 Å². The number of piperazine rings is 1.